The van der Waals surface area contributed by atoms with Crippen molar-refractivity contribution in [1.82, 2.24) is 9.55 Å². The van der Waals surface area contributed by atoms with Crippen LogP contribution < -0.4 is 9.64 Å². The SMILES string of the molecule is C[C@]1(Cn2cnc3ccc(C#N)cc32)CCC[C@@]2(CN(c3ccccc3OCc3ccccc3)C(=O)O2)C1. The lowest BCUT2D eigenvalue weighted by Gasteiger charge is -2.43. The molecule has 2 heterocycles. The maximum absolute atomic E-state index is 13.3. The van der Waals surface area contributed by atoms with E-state index < -0.39 is 5.60 Å². The van der Waals surface area contributed by atoms with Crippen LogP contribution in [0.15, 0.2) is 79.1 Å². The topological polar surface area (TPSA) is 80.4 Å². The molecule has 0 radical (unpaired) electrons. The number of imidazole rings is 1. The van der Waals surface area contributed by atoms with Gasteiger partial charge in [0.25, 0.3) is 0 Å². The van der Waals surface area contributed by atoms with E-state index in [1.165, 1.54) is 0 Å². The van der Waals surface area contributed by atoms with Crippen LogP contribution in [0.5, 0.6) is 5.75 Å². The number of para-hydroxylation sites is 2. The van der Waals surface area contributed by atoms with E-state index in [1.54, 1.807) is 11.0 Å². The highest BCUT2D eigenvalue weighted by Crippen LogP contribution is 2.48. The molecule has 4 aromatic rings. The second kappa shape index (κ2) is 9.53. The first-order valence-corrected chi connectivity index (χ1v) is 13.1. The molecule has 0 unspecified atom stereocenters. The first kappa shape index (κ1) is 24.1. The van der Waals surface area contributed by atoms with Crippen LogP contribution >= 0.6 is 0 Å². The summed E-state index contributed by atoms with van der Waals surface area (Å²) in [6.07, 6.45) is 5.12. The maximum Gasteiger partial charge on any atom is 0.415 e. The summed E-state index contributed by atoms with van der Waals surface area (Å²) in [5.74, 6) is 0.669. The third-order valence-electron chi connectivity index (χ3n) is 7.83. The Morgan fingerprint density at radius 3 is 2.74 bits per heavy atom. The van der Waals surface area contributed by atoms with Crippen molar-refractivity contribution >= 4 is 22.8 Å². The molecule has 7 heteroatoms. The minimum Gasteiger partial charge on any atom is -0.487 e. The Hall–Kier alpha value is -4.31. The molecule has 1 aromatic heterocycles. The summed E-state index contributed by atoms with van der Waals surface area (Å²) in [4.78, 5) is 19.5. The van der Waals surface area contributed by atoms with Crippen molar-refractivity contribution in [3.8, 4) is 11.8 Å². The quantitative estimate of drug-likeness (QED) is 0.300. The number of nitriles is 1. The molecule has 0 N–H and O–H groups in total. The molecule has 1 aliphatic carbocycles. The fourth-order valence-electron chi connectivity index (χ4n) is 6.16. The zero-order valence-corrected chi connectivity index (χ0v) is 21.5. The molecule has 7 nitrogen and oxygen atoms in total. The van der Waals surface area contributed by atoms with Gasteiger partial charge in [0.2, 0.25) is 0 Å². The number of amides is 1. The Morgan fingerprint density at radius 1 is 1.08 bits per heavy atom. The molecule has 3 aromatic carbocycles. The molecule has 38 heavy (non-hydrogen) atoms. The van der Waals surface area contributed by atoms with Crippen LogP contribution in [0.2, 0.25) is 0 Å². The van der Waals surface area contributed by atoms with Gasteiger partial charge in [-0.15, -0.1) is 0 Å². The Morgan fingerprint density at radius 2 is 1.89 bits per heavy atom. The molecule has 1 saturated carbocycles. The number of nitrogens with zero attached hydrogens (tertiary/aromatic N) is 4. The van der Waals surface area contributed by atoms with Crippen LogP contribution in [0.25, 0.3) is 11.0 Å². The van der Waals surface area contributed by atoms with Crippen molar-refractivity contribution in [3.63, 3.8) is 0 Å². The van der Waals surface area contributed by atoms with Gasteiger partial charge >= 0.3 is 6.09 Å². The van der Waals surface area contributed by atoms with Gasteiger partial charge in [0.05, 0.1) is 41.2 Å². The highest BCUT2D eigenvalue weighted by Gasteiger charge is 2.52. The fourth-order valence-corrected chi connectivity index (χ4v) is 6.16. The Labute approximate surface area is 222 Å². The Balaban J connectivity index is 1.21. The first-order chi connectivity index (χ1) is 18.5. The van der Waals surface area contributed by atoms with Crippen LogP contribution in [0.3, 0.4) is 0 Å². The summed E-state index contributed by atoms with van der Waals surface area (Å²) in [7, 11) is 0. The van der Waals surface area contributed by atoms with Crippen molar-refractivity contribution in [1.29, 1.82) is 5.26 Å². The average Bonchev–Trinajstić information content (AvgIpc) is 3.46. The number of hydrogen-bond donors (Lipinski definition) is 0. The number of fused-ring (bicyclic) bond motifs is 1. The molecule has 2 aliphatic rings. The van der Waals surface area contributed by atoms with Crippen LogP contribution in [0.4, 0.5) is 10.5 Å². The van der Waals surface area contributed by atoms with Gasteiger partial charge in [-0.05, 0) is 67.0 Å². The van der Waals surface area contributed by atoms with E-state index >= 15 is 0 Å². The number of hydrogen-bond acceptors (Lipinski definition) is 5. The third-order valence-corrected chi connectivity index (χ3v) is 7.83. The summed E-state index contributed by atoms with van der Waals surface area (Å²) < 4.78 is 14.5. The van der Waals surface area contributed by atoms with Crippen molar-refractivity contribution in [3.05, 3.63) is 90.3 Å². The van der Waals surface area contributed by atoms with Crippen LogP contribution in [0, 0.1) is 16.7 Å². The van der Waals surface area contributed by atoms with Crippen LogP contribution in [-0.4, -0.2) is 27.8 Å². The second-order valence-electron chi connectivity index (χ2n) is 10.9. The second-order valence-corrected chi connectivity index (χ2v) is 10.9. The highest BCUT2D eigenvalue weighted by molar-refractivity contribution is 5.92. The van der Waals surface area contributed by atoms with Gasteiger partial charge in [0.15, 0.2) is 0 Å². The van der Waals surface area contributed by atoms with Crippen molar-refractivity contribution in [2.24, 2.45) is 5.41 Å². The smallest absolute Gasteiger partial charge is 0.415 e. The summed E-state index contributed by atoms with van der Waals surface area (Å²) in [5.41, 5.74) is 3.63. The predicted octanol–water partition coefficient (Wildman–Crippen LogP) is 6.46. The fraction of sp³-hybridized carbons (Fsp3) is 0.323. The normalized spacial score (nSPS) is 22.9. The molecule has 0 bridgehead atoms. The number of aromatic nitrogens is 2. The molecule has 1 saturated heterocycles. The van der Waals surface area contributed by atoms with Crippen molar-refractivity contribution in [2.45, 2.75) is 51.4 Å². The predicted molar refractivity (Wildman–Crippen MR) is 145 cm³/mol. The summed E-state index contributed by atoms with van der Waals surface area (Å²) >= 11 is 0. The maximum atomic E-state index is 13.3. The van der Waals surface area contributed by atoms with Gasteiger partial charge < -0.3 is 14.0 Å². The van der Waals surface area contributed by atoms with E-state index in [0.29, 0.717) is 24.5 Å². The minimum absolute atomic E-state index is 0.0891. The third kappa shape index (κ3) is 4.58. The zero-order valence-electron chi connectivity index (χ0n) is 21.5. The molecule has 1 aliphatic heterocycles. The van der Waals surface area contributed by atoms with Crippen LogP contribution in [-0.2, 0) is 17.9 Å². The van der Waals surface area contributed by atoms with E-state index in [-0.39, 0.29) is 11.5 Å². The number of ether oxygens (including phenoxy) is 2. The number of anilines is 1. The van der Waals surface area contributed by atoms with Gasteiger partial charge in [-0.1, -0.05) is 49.4 Å². The largest absolute Gasteiger partial charge is 0.487 e. The molecular weight excluding hydrogens is 476 g/mol. The summed E-state index contributed by atoms with van der Waals surface area (Å²) in [5, 5.41) is 9.35. The van der Waals surface area contributed by atoms with E-state index in [0.717, 1.165) is 54.5 Å². The lowest BCUT2D eigenvalue weighted by Crippen LogP contribution is -2.45. The number of benzene rings is 3. The van der Waals surface area contributed by atoms with Gasteiger partial charge in [-0.2, -0.15) is 5.26 Å². The number of carbonyl (C=O) groups excluding carboxylic acids is 1. The molecular formula is C31H30N4O3. The summed E-state index contributed by atoms with van der Waals surface area (Å²) in [6, 6.07) is 25.5. The van der Waals surface area contributed by atoms with E-state index in [9.17, 15) is 10.1 Å². The van der Waals surface area contributed by atoms with Gasteiger partial charge in [0, 0.05) is 6.54 Å². The highest BCUT2D eigenvalue weighted by atomic mass is 16.6. The molecule has 2 fully saturated rings. The lowest BCUT2D eigenvalue weighted by molar-refractivity contribution is -0.0264. The zero-order chi connectivity index (χ0) is 26.2. The Kier molecular flexibility index (Phi) is 6.03. The van der Waals surface area contributed by atoms with Crippen LogP contribution in [0.1, 0.15) is 43.7 Å². The van der Waals surface area contributed by atoms with Gasteiger partial charge in [0.1, 0.15) is 18.0 Å². The summed E-state index contributed by atoms with van der Waals surface area (Å²) in [6.45, 7) is 3.93. The molecule has 1 amide bonds. The molecule has 2 atom stereocenters. The lowest BCUT2D eigenvalue weighted by atomic mass is 9.68. The average molecular weight is 507 g/mol. The minimum atomic E-state index is -0.551. The van der Waals surface area contributed by atoms with E-state index in [4.69, 9.17) is 9.47 Å². The molecule has 1 spiro atoms. The van der Waals surface area contributed by atoms with Gasteiger partial charge in [-0.25, -0.2) is 9.78 Å². The molecule has 192 valence electrons. The Bertz CT molecular complexity index is 1530. The van der Waals surface area contributed by atoms with Gasteiger partial charge in [-0.3, -0.25) is 4.90 Å². The standard InChI is InChI=1S/C31H30N4O3/c1-30(20-34-22-33-25-13-12-24(17-32)16-27(25)34)14-7-15-31(19-30)21-35(29(36)38-31)26-10-5-6-11-28(26)37-18-23-8-3-2-4-9-23/h2-6,8-13,16,22H,7,14-15,18-21H2,1H3/t30-,31-/m0/s1. The van der Waals surface area contributed by atoms with E-state index in [1.807, 2.05) is 73.1 Å². The first-order valence-electron chi connectivity index (χ1n) is 13.1. The molecule has 6 rings (SSSR count). The monoisotopic (exact) mass is 506 g/mol. The number of rotatable bonds is 6. The number of carbonyl (C=O) groups is 1. The van der Waals surface area contributed by atoms with Crippen molar-refractivity contribution < 1.29 is 14.3 Å². The van der Waals surface area contributed by atoms with E-state index in [2.05, 4.69) is 22.5 Å². The van der Waals surface area contributed by atoms with Crippen molar-refractivity contribution in [2.75, 3.05) is 11.4 Å².